The van der Waals surface area contributed by atoms with E-state index in [9.17, 15) is 5.11 Å². The number of rotatable bonds is 6. The predicted octanol–water partition coefficient (Wildman–Crippen LogP) is 6.11. The van der Waals surface area contributed by atoms with Crippen molar-refractivity contribution in [2.45, 2.75) is 44.9 Å². The molecule has 4 heteroatoms. The van der Waals surface area contributed by atoms with E-state index in [2.05, 4.69) is 69.8 Å². The van der Waals surface area contributed by atoms with Crippen molar-refractivity contribution in [2.75, 3.05) is 0 Å². The number of hydrogen-bond donors (Lipinski definition) is 1. The Morgan fingerprint density at radius 1 is 0.765 bits per heavy atom. The van der Waals surface area contributed by atoms with E-state index >= 15 is 0 Å². The lowest BCUT2D eigenvalue weighted by Crippen LogP contribution is -2.24. The number of aliphatic hydroxyl groups is 1. The summed E-state index contributed by atoms with van der Waals surface area (Å²) in [6, 6.07) is 29.3. The summed E-state index contributed by atoms with van der Waals surface area (Å²) in [6.45, 7) is 1.08. The maximum atomic E-state index is 11.3. The highest BCUT2D eigenvalue weighted by Crippen LogP contribution is 2.34. The molecule has 2 heterocycles. The van der Waals surface area contributed by atoms with Crippen LogP contribution in [0.2, 0.25) is 0 Å². The van der Waals surface area contributed by atoms with Gasteiger partial charge in [0.05, 0.1) is 36.9 Å². The molecular weight excluding hydrogens is 418 g/mol. The van der Waals surface area contributed by atoms with Gasteiger partial charge in [0.2, 0.25) is 0 Å². The molecule has 2 aromatic heterocycles. The fourth-order valence-corrected chi connectivity index (χ4v) is 5.52. The highest BCUT2D eigenvalue weighted by molar-refractivity contribution is 5.86. The fraction of sp³-hybridized carbons (Fsp3) is 0.233. The lowest BCUT2D eigenvalue weighted by Gasteiger charge is -2.20. The van der Waals surface area contributed by atoms with Crippen LogP contribution in [-0.4, -0.2) is 25.3 Å². The summed E-state index contributed by atoms with van der Waals surface area (Å²) in [5, 5.41) is 12.7. The van der Waals surface area contributed by atoms with Crippen molar-refractivity contribution in [1.29, 1.82) is 0 Å². The quantitative estimate of drug-likeness (QED) is 0.341. The van der Waals surface area contributed by atoms with E-state index in [1.807, 2.05) is 30.6 Å². The summed E-state index contributed by atoms with van der Waals surface area (Å²) in [6.07, 6.45) is 6.05. The van der Waals surface area contributed by atoms with Gasteiger partial charge in [0.25, 0.3) is 0 Å². The minimum Gasteiger partial charge on any atom is -0.389 e. The first-order chi connectivity index (χ1) is 16.8. The van der Waals surface area contributed by atoms with Crippen LogP contribution in [0.5, 0.6) is 0 Å². The molecule has 1 atom stereocenters. The molecule has 0 saturated heterocycles. The Hall–Kier alpha value is -3.63. The predicted molar refractivity (Wildman–Crippen MR) is 138 cm³/mol. The van der Waals surface area contributed by atoms with E-state index in [1.165, 1.54) is 35.0 Å². The zero-order valence-electron chi connectivity index (χ0n) is 19.3. The third-order valence-corrected chi connectivity index (χ3v) is 7.02. The third-order valence-electron chi connectivity index (χ3n) is 7.02. The minimum absolute atomic E-state index is 0.491. The number of aromatic nitrogens is 3. The van der Waals surface area contributed by atoms with Crippen LogP contribution in [-0.2, 0) is 25.9 Å². The van der Waals surface area contributed by atoms with Gasteiger partial charge in [-0.15, -0.1) is 0 Å². The Balaban J connectivity index is 1.36. The summed E-state index contributed by atoms with van der Waals surface area (Å²) < 4.78 is 4.48. The molecular formula is C30H29N3O. The molecule has 0 radical (unpaired) electrons. The Bertz CT molecular complexity index is 1420. The Morgan fingerprint density at radius 2 is 1.44 bits per heavy atom. The molecule has 1 aliphatic rings. The molecule has 6 rings (SSSR count). The van der Waals surface area contributed by atoms with E-state index in [-0.39, 0.29) is 0 Å². The number of nitrogens with zero attached hydrogens (tertiary/aromatic N) is 3. The van der Waals surface area contributed by atoms with Crippen LogP contribution >= 0.6 is 0 Å². The van der Waals surface area contributed by atoms with Crippen molar-refractivity contribution in [1.82, 2.24) is 14.1 Å². The van der Waals surface area contributed by atoms with E-state index in [0.29, 0.717) is 13.1 Å². The summed E-state index contributed by atoms with van der Waals surface area (Å²) in [5.41, 5.74) is 8.31. The first kappa shape index (κ1) is 20.9. The average Bonchev–Trinajstić information content (AvgIpc) is 3.45. The molecule has 1 unspecified atom stereocenters. The normalized spacial score (nSPS) is 14.3. The maximum Gasteiger partial charge on any atom is 0.0963 e. The van der Waals surface area contributed by atoms with Crippen LogP contribution in [0.25, 0.3) is 33.4 Å². The van der Waals surface area contributed by atoms with Crippen LogP contribution < -0.4 is 0 Å². The summed E-state index contributed by atoms with van der Waals surface area (Å²) in [5.74, 6) is 0. The number of aryl methyl sites for hydroxylation is 1. The second-order valence-electron chi connectivity index (χ2n) is 9.24. The first-order valence-electron chi connectivity index (χ1n) is 12.2. The SMILES string of the molecule is OC(Cn1cnc(-c2ccccc2)c1-c1ccccc1)Cn1c2c(c3ccccc31)CCCC2. The molecule has 34 heavy (non-hydrogen) atoms. The van der Waals surface area contributed by atoms with Gasteiger partial charge in [-0.05, 0) is 37.3 Å². The summed E-state index contributed by atoms with van der Waals surface area (Å²) >= 11 is 0. The second kappa shape index (κ2) is 8.96. The van der Waals surface area contributed by atoms with Gasteiger partial charge in [-0.3, -0.25) is 0 Å². The van der Waals surface area contributed by atoms with Gasteiger partial charge in [0, 0.05) is 27.7 Å². The van der Waals surface area contributed by atoms with E-state index < -0.39 is 6.10 Å². The van der Waals surface area contributed by atoms with E-state index in [4.69, 9.17) is 4.98 Å². The highest BCUT2D eigenvalue weighted by atomic mass is 16.3. The standard InChI is InChI=1S/C30H29N3O/c34-24(20-33-27-17-9-7-15-25(27)26-16-8-10-18-28(26)33)19-32-21-31-29(22-11-3-1-4-12-22)30(32)23-13-5-2-6-14-23/h1-7,9,11-15,17,21,24,34H,8,10,16,18-20H2. The Labute approximate surface area is 200 Å². The molecule has 0 saturated carbocycles. The number of hydrogen-bond acceptors (Lipinski definition) is 2. The van der Waals surface area contributed by atoms with Gasteiger partial charge in [0.1, 0.15) is 0 Å². The molecule has 4 nitrogen and oxygen atoms in total. The van der Waals surface area contributed by atoms with Gasteiger partial charge in [-0.1, -0.05) is 78.9 Å². The van der Waals surface area contributed by atoms with E-state index in [1.54, 1.807) is 0 Å². The fourth-order valence-electron chi connectivity index (χ4n) is 5.52. The Kier molecular flexibility index (Phi) is 5.52. The van der Waals surface area contributed by atoms with Gasteiger partial charge in [-0.2, -0.15) is 0 Å². The summed E-state index contributed by atoms with van der Waals surface area (Å²) in [7, 11) is 0. The van der Waals surface area contributed by atoms with Crippen LogP contribution in [0.4, 0.5) is 0 Å². The molecule has 0 amide bonds. The van der Waals surface area contributed by atoms with Gasteiger partial charge in [-0.25, -0.2) is 4.98 Å². The topological polar surface area (TPSA) is 43.0 Å². The molecule has 0 aliphatic heterocycles. The van der Waals surface area contributed by atoms with Crippen molar-refractivity contribution in [3.05, 3.63) is 103 Å². The molecule has 0 bridgehead atoms. The minimum atomic E-state index is -0.526. The first-order valence-corrected chi connectivity index (χ1v) is 12.2. The monoisotopic (exact) mass is 447 g/mol. The zero-order chi connectivity index (χ0) is 22.9. The van der Waals surface area contributed by atoms with Gasteiger partial charge < -0.3 is 14.2 Å². The van der Waals surface area contributed by atoms with Gasteiger partial charge >= 0.3 is 0 Å². The van der Waals surface area contributed by atoms with Crippen molar-refractivity contribution >= 4 is 10.9 Å². The lowest BCUT2D eigenvalue weighted by molar-refractivity contribution is 0.135. The largest absolute Gasteiger partial charge is 0.389 e. The second-order valence-corrected chi connectivity index (χ2v) is 9.24. The zero-order valence-corrected chi connectivity index (χ0v) is 19.3. The van der Waals surface area contributed by atoms with Crippen LogP contribution in [0, 0.1) is 0 Å². The number of fused-ring (bicyclic) bond motifs is 3. The van der Waals surface area contributed by atoms with Crippen molar-refractivity contribution in [3.63, 3.8) is 0 Å². The molecule has 5 aromatic rings. The Morgan fingerprint density at radius 3 is 2.24 bits per heavy atom. The molecule has 0 fully saturated rings. The van der Waals surface area contributed by atoms with E-state index in [0.717, 1.165) is 35.4 Å². The molecule has 1 N–H and O–H groups in total. The number of para-hydroxylation sites is 1. The van der Waals surface area contributed by atoms with Crippen molar-refractivity contribution in [2.24, 2.45) is 0 Å². The molecule has 3 aromatic carbocycles. The number of aliphatic hydroxyl groups excluding tert-OH is 1. The summed E-state index contributed by atoms with van der Waals surface area (Å²) in [4.78, 5) is 4.78. The smallest absolute Gasteiger partial charge is 0.0963 e. The molecule has 0 spiro atoms. The number of benzene rings is 3. The molecule has 170 valence electrons. The van der Waals surface area contributed by atoms with Crippen molar-refractivity contribution < 1.29 is 5.11 Å². The van der Waals surface area contributed by atoms with Crippen LogP contribution in [0.3, 0.4) is 0 Å². The average molecular weight is 448 g/mol. The van der Waals surface area contributed by atoms with Crippen LogP contribution in [0.1, 0.15) is 24.1 Å². The van der Waals surface area contributed by atoms with Gasteiger partial charge in [0.15, 0.2) is 0 Å². The third kappa shape index (κ3) is 3.74. The lowest BCUT2D eigenvalue weighted by atomic mass is 9.95. The van der Waals surface area contributed by atoms with Crippen molar-refractivity contribution in [3.8, 4) is 22.5 Å². The molecule has 1 aliphatic carbocycles. The van der Waals surface area contributed by atoms with Crippen LogP contribution in [0.15, 0.2) is 91.3 Å². The highest BCUT2D eigenvalue weighted by Gasteiger charge is 2.22. The maximum absolute atomic E-state index is 11.3. The number of imidazole rings is 1.